The van der Waals surface area contributed by atoms with Crippen LogP contribution in [0.15, 0.2) is 109 Å². The summed E-state index contributed by atoms with van der Waals surface area (Å²) in [5.41, 5.74) is 13.6. The fraction of sp³-hybridized carbons (Fsp3) is 0.379. The van der Waals surface area contributed by atoms with Crippen LogP contribution in [0.25, 0.3) is 65.6 Å². The van der Waals surface area contributed by atoms with E-state index in [1.165, 1.54) is 113 Å². The predicted molar refractivity (Wildman–Crippen MR) is 282 cm³/mol. The van der Waals surface area contributed by atoms with Crippen molar-refractivity contribution in [2.24, 2.45) is 7.05 Å². The molecule has 0 amide bonds. The maximum absolute atomic E-state index is 6.12. The van der Waals surface area contributed by atoms with Crippen molar-refractivity contribution in [2.45, 2.75) is 131 Å². The molecule has 1 unspecified atom stereocenters. The summed E-state index contributed by atoms with van der Waals surface area (Å²) in [7, 11) is 9.70. The van der Waals surface area contributed by atoms with Crippen molar-refractivity contribution in [1.82, 2.24) is 4.57 Å². The number of halogens is 2. The Morgan fingerprint density at radius 1 is 0.562 bits per heavy atom. The molecular weight excluding hydrogens is 917 g/mol. The Labute approximate surface area is 404 Å². The monoisotopic (exact) mass is 983 g/mol. The Morgan fingerprint density at radius 3 is 1.62 bits per heavy atom. The summed E-state index contributed by atoms with van der Waals surface area (Å²) in [6.07, 6.45) is 4.76. The molecule has 7 aromatic carbocycles. The summed E-state index contributed by atoms with van der Waals surface area (Å²) in [4.78, 5) is 0. The average Bonchev–Trinajstić information content (AvgIpc) is 3.87. The van der Waals surface area contributed by atoms with Gasteiger partial charge in [-0.1, -0.05) is 153 Å². The summed E-state index contributed by atoms with van der Waals surface area (Å²) in [5, 5.41) is 11.6. The van der Waals surface area contributed by atoms with E-state index in [0.717, 1.165) is 13.0 Å². The van der Waals surface area contributed by atoms with E-state index in [2.05, 4.69) is 204 Å². The van der Waals surface area contributed by atoms with Gasteiger partial charge < -0.3 is 9.30 Å². The Kier molecular flexibility index (Phi) is 14.6. The number of para-hydroxylation sites is 1. The van der Waals surface area contributed by atoms with Crippen molar-refractivity contribution in [1.29, 1.82) is 0 Å². The quantitative estimate of drug-likeness (QED) is 0.0716. The fourth-order valence-electron chi connectivity index (χ4n) is 10.5. The molecule has 0 spiro atoms. The molecule has 1 aromatic heterocycles. The minimum absolute atomic E-state index is 0.0528. The van der Waals surface area contributed by atoms with Crippen LogP contribution >= 0.6 is 17.0 Å². The number of benzene rings is 5. The third-order valence-electron chi connectivity index (χ3n) is 13.7. The van der Waals surface area contributed by atoms with Crippen molar-refractivity contribution in [2.75, 3.05) is 6.61 Å². The van der Waals surface area contributed by atoms with Gasteiger partial charge in [-0.15, -0.1) is 67.3 Å². The minimum atomic E-state index is -2.35. The summed E-state index contributed by atoms with van der Waals surface area (Å²) < 4.78 is 8.45. The van der Waals surface area contributed by atoms with Gasteiger partial charge in [0, 0.05) is 43.5 Å². The van der Waals surface area contributed by atoms with Crippen molar-refractivity contribution < 1.29 is 25.6 Å². The molecule has 2 nitrogen and oxygen atoms in total. The average molecular weight is 986 g/mol. The number of hydrogen-bond donors (Lipinski definition) is 0. The van der Waals surface area contributed by atoms with Crippen LogP contribution in [0.4, 0.5) is 0 Å². The van der Waals surface area contributed by atoms with Crippen LogP contribution < -0.4 is 10.4 Å². The van der Waals surface area contributed by atoms with Crippen LogP contribution in [0.2, 0.25) is 12.6 Å². The van der Waals surface area contributed by atoms with E-state index < -0.39 is 28.9 Å². The third-order valence-corrected chi connectivity index (χ3v) is 18.6. The molecule has 0 aliphatic rings. The molecule has 0 N–H and O–H groups in total. The first kappa shape index (κ1) is 48.7. The zero-order valence-corrected chi connectivity index (χ0v) is 45.7. The van der Waals surface area contributed by atoms with Crippen molar-refractivity contribution >= 4 is 78.8 Å². The molecule has 1 atom stereocenters. The second-order valence-corrected chi connectivity index (χ2v) is 29.5. The molecule has 6 heteroatoms. The van der Waals surface area contributed by atoms with Crippen LogP contribution in [0.3, 0.4) is 0 Å². The Bertz CT molecular complexity index is 2900. The van der Waals surface area contributed by atoms with Gasteiger partial charge in [0.05, 0.1) is 5.60 Å². The van der Waals surface area contributed by atoms with Gasteiger partial charge in [0.2, 0.25) is 0 Å². The number of nitrogens with zero attached hydrogens (tertiary/aromatic N) is 1. The van der Waals surface area contributed by atoms with Crippen molar-refractivity contribution in [3.05, 3.63) is 131 Å². The fourth-order valence-corrected chi connectivity index (χ4v) is 15.7. The maximum atomic E-state index is 6.12. The van der Waals surface area contributed by atoms with Gasteiger partial charge in [-0.2, -0.15) is 12.1 Å². The van der Waals surface area contributed by atoms with Crippen LogP contribution in [-0.4, -0.2) is 24.8 Å². The number of ether oxygens (including phenoxy) is 1. The van der Waals surface area contributed by atoms with Gasteiger partial charge in [-0.3, -0.25) is 0 Å². The summed E-state index contributed by atoms with van der Waals surface area (Å²) in [5.74, 6) is 0. The molecule has 8 rings (SSSR count). The molecule has 0 radical (unpaired) electrons. The first-order valence-corrected chi connectivity index (χ1v) is 32.3. The van der Waals surface area contributed by atoms with E-state index in [1.807, 2.05) is 0 Å². The van der Waals surface area contributed by atoms with Gasteiger partial charge in [0.15, 0.2) is 0 Å². The number of hydrogen-bond acceptors (Lipinski definition) is 1. The molecule has 0 bridgehead atoms. The van der Waals surface area contributed by atoms with Gasteiger partial charge >= 0.3 is 37.9 Å². The van der Waals surface area contributed by atoms with Crippen LogP contribution in [0.5, 0.6) is 0 Å². The van der Waals surface area contributed by atoms with E-state index >= 15 is 0 Å². The molecule has 0 aliphatic carbocycles. The van der Waals surface area contributed by atoms with Gasteiger partial charge in [0.1, 0.15) is 0 Å². The normalized spacial score (nSPS) is 13.4. The topological polar surface area (TPSA) is 14.2 Å². The zero-order chi connectivity index (χ0) is 46.4. The number of rotatable bonds is 11. The van der Waals surface area contributed by atoms with Crippen LogP contribution in [0.1, 0.15) is 110 Å². The molecular formula is C58H69Cl2NOSiZr. The second kappa shape index (κ2) is 19.2. The zero-order valence-electron chi connectivity index (χ0n) is 40.7. The van der Waals surface area contributed by atoms with Crippen molar-refractivity contribution in [3.8, 4) is 22.3 Å². The van der Waals surface area contributed by atoms with Gasteiger partial charge in [0.25, 0.3) is 0 Å². The summed E-state index contributed by atoms with van der Waals surface area (Å²) in [6, 6.07) is 43.8. The Hall–Kier alpha value is -3.24. The summed E-state index contributed by atoms with van der Waals surface area (Å²) in [6.45, 7) is 28.9. The number of unbranched alkanes of at least 4 members (excludes halogenated alkanes) is 3. The molecule has 0 saturated heterocycles. The Balaban J connectivity index is 0.00000199. The van der Waals surface area contributed by atoms with Crippen molar-refractivity contribution in [3.63, 3.8) is 0 Å². The Morgan fingerprint density at radius 2 is 1.08 bits per heavy atom. The second-order valence-electron chi connectivity index (χ2n) is 21.6. The van der Waals surface area contributed by atoms with E-state index in [0.29, 0.717) is 0 Å². The van der Waals surface area contributed by atoms with Gasteiger partial charge in [-0.25, -0.2) is 0 Å². The summed E-state index contributed by atoms with van der Waals surface area (Å²) >= 11 is -0.826. The number of fused-ring (bicyclic) bond motifs is 5. The first-order chi connectivity index (χ1) is 30.2. The molecule has 0 aliphatic heterocycles. The molecule has 334 valence electrons. The van der Waals surface area contributed by atoms with Crippen LogP contribution in [-0.2, 0) is 43.5 Å². The van der Waals surface area contributed by atoms with E-state index in [1.54, 1.807) is 10.4 Å². The molecule has 64 heavy (non-hydrogen) atoms. The number of aryl methyl sites for hydroxylation is 3. The molecule has 0 fully saturated rings. The van der Waals surface area contributed by atoms with Crippen LogP contribution in [0, 0.1) is 13.8 Å². The van der Waals surface area contributed by atoms with E-state index in [-0.39, 0.29) is 16.4 Å². The van der Waals surface area contributed by atoms with E-state index in [9.17, 15) is 0 Å². The SMILES string of the molecule is Cc1cc2c(-c3cc(C(C)(C)C)cc(C(C)(C)C)c3)cccc2[c-]1[Si](C)(CCCCCCOC(C)(C)C)[c-]1c(C)cc2c(-c3ccc4c(c3)c3ccccc3n4C)cccc21.[Cl][Zr+2][Cl]. The molecule has 1 heterocycles. The first-order valence-electron chi connectivity index (χ1n) is 23.3. The standard InChI is InChI=1S/C58H69NOSi.2ClH.Zr/c1-38-32-49-44(40-28-29-53-51(36-40)46-22-16-17-27-52(46)59(53)12)23-20-25-47(49)54(38)61(13,31-19-15-14-18-30-60-58(9,10)11)55-39(2)33-50-45(24-21-26-48(50)55)41-34-42(56(3,4)5)37-43(35-41)57(6,7)8;;;/h16-17,20-29,32-37H,14-15,18-19,30-31H2,1-13H3;2*1H;/q-2;;;+4/p-2. The molecule has 8 aromatic rings. The molecule has 0 saturated carbocycles. The van der Waals surface area contributed by atoms with E-state index in [4.69, 9.17) is 21.8 Å². The van der Waals surface area contributed by atoms with Gasteiger partial charge in [-0.05, 0) is 78.5 Å². The predicted octanol–water partition coefficient (Wildman–Crippen LogP) is 16.6. The number of aromatic nitrogens is 1. The third kappa shape index (κ3) is 9.89.